The van der Waals surface area contributed by atoms with Crippen molar-refractivity contribution in [1.29, 1.82) is 0 Å². The van der Waals surface area contributed by atoms with Crippen molar-refractivity contribution in [3.8, 4) is 17.2 Å². The highest BCUT2D eigenvalue weighted by molar-refractivity contribution is 5.63. The summed E-state index contributed by atoms with van der Waals surface area (Å²) in [5.74, 6) is 1.05. The van der Waals surface area contributed by atoms with Crippen LogP contribution in [0.2, 0.25) is 0 Å². The van der Waals surface area contributed by atoms with Crippen LogP contribution in [0.3, 0.4) is 0 Å². The van der Waals surface area contributed by atoms with E-state index < -0.39 is 9.85 Å². The van der Waals surface area contributed by atoms with Gasteiger partial charge in [-0.2, -0.15) is 0 Å². The molecule has 16 heteroatoms. The van der Waals surface area contributed by atoms with Crippen LogP contribution in [0.4, 0.5) is 51.2 Å². The van der Waals surface area contributed by atoms with Crippen LogP contribution in [0.25, 0.3) is 0 Å². The molecule has 0 aliphatic carbocycles. The van der Waals surface area contributed by atoms with E-state index in [-0.39, 0.29) is 22.9 Å². The molecule has 0 aliphatic rings. The summed E-state index contributed by atoms with van der Waals surface area (Å²) in [5, 5.41) is 21.7. The van der Waals surface area contributed by atoms with Gasteiger partial charge in [0.2, 0.25) is 0 Å². The van der Waals surface area contributed by atoms with Crippen LogP contribution in [0.15, 0.2) is 109 Å². The van der Waals surface area contributed by atoms with E-state index in [1.54, 1.807) is 49.6 Å². The summed E-state index contributed by atoms with van der Waals surface area (Å²) in [6.07, 6.45) is 0. The second-order valence-corrected chi connectivity index (χ2v) is 13.7. The fourth-order valence-corrected chi connectivity index (χ4v) is 5.23. The summed E-state index contributed by atoms with van der Waals surface area (Å²) in [6, 6.07) is 32.3. The number of nitro benzene ring substituents is 2. The number of ether oxygens (including phenoxy) is 3. The first-order chi connectivity index (χ1) is 28.9. The number of aryl methyl sites for hydroxylation is 6. The van der Waals surface area contributed by atoms with Gasteiger partial charge < -0.3 is 53.1 Å². The summed E-state index contributed by atoms with van der Waals surface area (Å²) in [4.78, 5) is 20.7. The molecule has 0 radical (unpaired) electrons. The number of methoxy groups -OCH3 is 3. The smallest absolute Gasteiger partial charge is 0.311 e. The standard InChI is InChI=1S/2C15H17N3O3.C8H11N.C7H10N2O/c2*1-10-4-5-12(8-11(10)2)16-17-13-6-7-14(18(19)20)15(9-13)21-3;1-6-3-4-8(9)5-7(6)2;1-10-7-4-5(8)2-3-6(7)9/h2*4-9,16-17H,1-3H3;3-5H,9H2,1-2H3;2-4H,8-9H2,1H3. The second-order valence-electron chi connectivity index (χ2n) is 13.7. The van der Waals surface area contributed by atoms with Crippen molar-refractivity contribution in [2.24, 2.45) is 0 Å². The quantitative estimate of drug-likeness (QED) is 0.0365. The third-order valence-electron chi connectivity index (χ3n) is 9.26. The largest absolute Gasteiger partial charge is 0.495 e. The maximum absolute atomic E-state index is 10.8. The second kappa shape index (κ2) is 22.9. The number of hydrazine groups is 2. The Morgan fingerprint density at radius 1 is 0.410 bits per heavy atom. The topological polar surface area (TPSA) is 240 Å². The van der Waals surface area contributed by atoms with Gasteiger partial charge in [-0.15, -0.1) is 0 Å². The third kappa shape index (κ3) is 14.8. The van der Waals surface area contributed by atoms with E-state index in [9.17, 15) is 20.2 Å². The number of nitrogens with two attached hydrogens (primary N) is 3. The van der Waals surface area contributed by atoms with Crippen LogP contribution < -0.4 is 53.1 Å². The van der Waals surface area contributed by atoms with Gasteiger partial charge in [-0.1, -0.05) is 18.2 Å². The van der Waals surface area contributed by atoms with Crippen molar-refractivity contribution in [2.75, 3.05) is 60.2 Å². The number of rotatable bonds is 11. The first-order valence-corrected chi connectivity index (χ1v) is 18.8. The Bertz CT molecular complexity index is 2310. The van der Waals surface area contributed by atoms with Crippen LogP contribution in [-0.2, 0) is 0 Å². The molecule has 0 bridgehead atoms. The monoisotopic (exact) mass is 833 g/mol. The molecule has 16 nitrogen and oxygen atoms in total. The minimum Gasteiger partial charge on any atom is -0.495 e. The summed E-state index contributed by atoms with van der Waals surface area (Å²) in [5.41, 5.74) is 41.1. The Kier molecular flexibility index (Phi) is 17.8. The van der Waals surface area contributed by atoms with E-state index in [0.29, 0.717) is 28.5 Å². The Balaban J connectivity index is 0.000000231. The number of nitrogens with one attached hydrogen (secondary N) is 4. The van der Waals surface area contributed by atoms with Gasteiger partial charge in [-0.05, 0) is 136 Å². The van der Waals surface area contributed by atoms with E-state index >= 15 is 0 Å². The zero-order valence-corrected chi connectivity index (χ0v) is 35.9. The summed E-state index contributed by atoms with van der Waals surface area (Å²) < 4.78 is 15.0. The van der Waals surface area contributed by atoms with Gasteiger partial charge in [0, 0.05) is 41.7 Å². The van der Waals surface area contributed by atoms with Crippen molar-refractivity contribution in [1.82, 2.24) is 0 Å². The fourth-order valence-electron chi connectivity index (χ4n) is 5.23. The van der Waals surface area contributed by atoms with Gasteiger partial charge in [0.05, 0.1) is 59.6 Å². The molecule has 10 N–H and O–H groups in total. The lowest BCUT2D eigenvalue weighted by Gasteiger charge is -2.12. The maximum Gasteiger partial charge on any atom is 0.311 e. The molecule has 0 spiro atoms. The maximum atomic E-state index is 10.8. The van der Waals surface area contributed by atoms with Gasteiger partial charge in [-0.25, -0.2) is 0 Å². The molecule has 0 saturated carbocycles. The Hall–Kier alpha value is -7.88. The average molecular weight is 834 g/mol. The number of nitrogens with zero attached hydrogens (tertiary/aromatic N) is 2. The van der Waals surface area contributed by atoms with Crippen LogP contribution in [0.1, 0.15) is 33.4 Å². The lowest BCUT2D eigenvalue weighted by Crippen LogP contribution is -2.09. The molecule has 6 aromatic rings. The molecular weight excluding hydrogens is 779 g/mol. The molecule has 0 heterocycles. The Morgan fingerprint density at radius 2 is 0.738 bits per heavy atom. The van der Waals surface area contributed by atoms with Crippen molar-refractivity contribution in [3.05, 3.63) is 163 Å². The summed E-state index contributed by atoms with van der Waals surface area (Å²) >= 11 is 0. The van der Waals surface area contributed by atoms with E-state index in [4.69, 9.17) is 31.4 Å². The SMILES string of the molecule is COc1cc(N)ccc1N.COc1cc(NNc2ccc(C)c(C)c2)ccc1[N+](=O)[O-].COc1cc(NNc2ccc(C)c(C)c2)ccc1[N+](=O)[O-].Cc1ccc(N)cc1C. The van der Waals surface area contributed by atoms with Crippen LogP contribution in [-0.4, -0.2) is 31.2 Å². The van der Waals surface area contributed by atoms with Crippen LogP contribution >= 0.6 is 0 Å². The molecule has 0 unspecified atom stereocenters. The first kappa shape index (κ1) is 47.5. The van der Waals surface area contributed by atoms with Gasteiger partial charge in [-0.3, -0.25) is 20.2 Å². The predicted molar refractivity (Wildman–Crippen MR) is 248 cm³/mol. The number of anilines is 7. The molecule has 0 atom stereocenters. The van der Waals surface area contributed by atoms with Gasteiger partial charge >= 0.3 is 11.4 Å². The van der Waals surface area contributed by atoms with Crippen LogP contribution in [0.5, 0.6) is 17.2 Å². The van der Waals surface area contributed by atoms with Gasteiger partial charge in [0.15, 0.2) is 11.5 Å². The Morgan fingerprint density at radius 3 is 1.07 bits per heavy atom. The Labute approximate surface area is 356 Å². The molecular formula is C45H55N9O7. The third-order valence-corrected chi connectivity index (χ3v) is 9.26. The van der Waals surface area contributed by atoms with Gasteiger partial charge in [0.1, 0.15) is 5.75 Å². The summed E-state index contributed by atoms with van der Waals surface area (Å²) in [6.45, 7) is 12.3. The fraction of sp³-hybridized carbons (Fsp3) is 0.200. The number of nitro groups is 2. The highest BCUT2D eigenvalue weighted by Crippen LogP contribution is 2.31. The highest BCUT2D eigenvalue weighted by Gasteiger charge is 2.15. The molecule has 61 heavy (non-hydrogen) atoms. The number of benzene rings is 6. The number of hydrogen-bond donors (Lipinski definition) is 7. The first-order valence-electron chi connectivity index (χ1n) is 18.8. The molecule has 6 aromatic carbocycles. The van der Waals surface area contributed by atoms with E-state index in [1.807, 2.05) is 82.3 Å². The molecule has 0 amide bonds. The lowest BCUT2D eigenvalue weighted by atomic mass is 10.1. The molecule has 6 rings (SSSR count). The van der Waals surface area contributed by atoms with Crippen molar-refractivity contribution in [2.45, 2.75) is 41.5 Å². The number of hydrogen-bond acceptors (Lipinski definition) is 14. The van der Waals surface area contributed by atoms with Crippen molar-refractivity contribution < 1.29 is 24.1 Å². The van der Waals surface area contributed by atoms with Gasteiger partial charge in [0.25, 0.3) is 0 Å². The predicted octanol–water partition coefficient (Wildman–Crippen LogP) is 10.1. The summed E-state index contributed by atoms with van der Waals surface area (Å²) in [7, 11) is 4.37. The van der Waals surface area contributed by atoms with Crippen LogP contribution in [0, 0.1) is 61.8 Å². The minimum absolute atomic E-state index is 0.0609. The van der Waals surface area contributed by atoms with Crippen molar-refractivity contribution >= 4 is 51.2 Å². The molecule has 0 saturated heterocycles. The molecule has 322 valence electrons. The minimum atomic E-state index is -0.473. The zero-order chi connectivity index (χ0) is 45.2. The lowest BCUT2D eigenvalue weighted by molar-refractivity contribution is -0.385. The van der Waals surface area contributed by atoms with E-state index in [2.05, 4.69) is 35.6 Å². The zero-order valence-electron chi connectivity index (χ0n) is 35.9. The average Bonchev–Trinajstić information content (AvgIpc) is 3.24. The van der Waals surface area contributed by atoms with Crippen molar-refractivity contribution in [3.63, 3.8) is 0 Å². The number of nitrogen functional groups attached to an aromatic ring is 3. The van der Waals surface area contributed by atoms with E-state index in [0.717, 1.165) is 17.1 Å². The highest BCUT2D eigenvalue weighted by atomic mass is 16.6. The molecule has 0 fully saturated rings. The molecule has 0 aromatic heterocycles. The normalized spacial score (nSPS) is 9.85. The van der Waals surface area contributed by atoms with E-state index in [1.165, 1.54) is 59.7 Å². The molecule has 0 aliphatic heterocycles.